The standard InChI is InChI=1S/C20H23N5O4S/c1-15(2)29-18-8-6-16(7-9-18)24-30(27,28)14-20(26)22-19-10-12-25(23-19)13-17-5-3-4-11-21-17/h3-12,15,24H,13-14H2,1-2H3,(H,22,23,26). The van der Waals surface area contributed by atoms with Gasteiger partial charge in [0, 0.05) is 24.1 Å². The maximum atomic E-state index is 12.3. The predicted octanol–water partition coefficient (Wildman–Crippen LogP) is 2.49. The van der Waals surface area contributed by atoms with Gasteiger partial charge in [0.2, 0.25) is 15.9 Å². The van der Waals surface area contributed by atoms with Crippen molar-refractivity contribution >= 4 is 27.4 Å². The molecule has 9 nitrogen and oxygen atoms in total. The molecule has 0 atom stereocenters. The van der Waals surface area contributed by atoms with E-state index in [1.165, 1.54) is 0 Å². The number of sulfonamides is 1. The van der Waals surface area contributed by atoms with E-state index in [0.717, 1.165) is 5.69 Å². The van der Waals surface area contributed by atoms with Crippen LogP contribution in [-0.4, -0.2) is 40.9 Å². The number of amides is 1. The van der Waals surface area contributed by atoms with E-state index in [1.54, 1.807) is 47.4 Å². The number of carbonyl (C=O) groups excluding carboxylic acids is 1. The smallest absolute Gasteiger partial charge is 0.242 e. The maximum absolute atomic E-state index is 12.3. The zero-order chi connectivity index (χ0) is 21.6. The molecule has 3 rings (SSSR count). The Labute approximate surface area is 175 Å². The maximum Gasteiger partial charge on any atom is 0.242 e. The van der Waals surface area contributed by atoms with E-state index in [9.17, 15) is 13.2 Å². The highest BCUT2D eigenvalue weighted by Gasteiger charge is 2.17. The summed E-state index contributed by atoms with van der Waals surface area (Å²) in [5.74, 6) is -0.525. The quantitative estimate of drug-likeness (QED) is 0.540. The second-order valence-electron chi connectivity index (χ2n) is 6.82. The Morgan fingerprint density at radius 1 is 1.13 bits per heavy atom. The van der Waals surface area contributed by atoms with Crippen molar-refractivity contribution in [1.82, 2.24) is 14.8 Å². The van der Waals surface area contributed by atoms with E-state index >= 15 is 0 Å². The fourth-order valence-electron chi connectivity index (χ4n) is 2.61. The van der Waals surface area contributed by atoms with Crippen LogP contribution in [0, 0.1) is 0 Å². The number of nitrogens with zero attached hydrogens (tertiary/aromatic N) is 3. The number of rotatable bonds is 9. The molecule has 0 saturated carbocycles. The molecule has 2 heterocycles. The molecule has 0 fully saturated rings. The highest BCUT2D eigenvalue weighted by molar-refractivity contribution is 7.93. The monoisotopic (exact) mass is 429 g/mol. The zero-order valence-corrected chi connectivity index (χ0v) is 17.5. The second kappa shape index (κ2) is 9.40. The Morgan fingerprint density at radius 2 is 1.90 bits per heavy atom. The first kappa shape index (κ1) is 21.3. The molecule has 158 valence electrons. The van der Waals surface area contributed by atoms with E-state index in [0.29, 0.717) is 18.0 Å². The van der Waals surface area contributed by atoms with Crippen LogP contribution in [0.2, 0.25) is 0 Å². The average Bonchev–Trinajstić information content (AvgIpc) is 3.09. The van der Waals surface area contributed by atoms with Crippen molar-refractivity contribution in [3.05, 3.63) is 66.6 Å². The molecule has 0 bridgehead atoms. The summed E-state index contributed by atoms with van der Waals surface area (Å²) in [6, 6.07) is 13.6. The third-order valence-electron chi connectivity index (χ3n) is 3.78. The molecule has 2 N–H and O–H groups in total. The Hall–Kier alpha value is -3.40. The fraction of sp³-hybridized carbons (Fsp3) is 0.250. The Balaban J connectivity index is 1.53. The summed E-state index contributed by atoms with van der Waals surface area (Å²) in [4.78, 5) is 16.4. The molecular formula is C20H23N5O4S. The van der Waals surface area contributed by atoms with Crippen molar-refractivity contribution < 1.29 is 17.9 Å². The van der Waals surface area contributed by atoms with Crippen LogP contribution in [0.25, 0.3) is 0 Å². The third kappa shape index (κ3) is 6.59. The van der Waals surface area contributed by atoms with Gasteiger partial charge in [-0.15, -0.1) is 0 Å². The van der Waals surface area contributed by atoms with E-state index < -0.39 is 21.7 Å². The number of ether oxygens (including phenoxy) is 1. The van der Waals surface area contributed by atoms with Crippen molar-refractivity contribution in [1.29, 1.82) is 0 Å². The summed E-state index contributed by atoms with van der Waals surface area (Å²) < 4.78 is 34.0. The van der Waals surface area contributed by atoms with Crippen molar-refractivity contribution in [3.63, 3.8) is 0 Å². The molecule has 10 heteroatoms. The number of hydrogen-bond donors (Lipinski definition) is 2. The highest BCUT2D eigenvalue weighted by atomic mass is 32.2. The first-order chi connectivity index (χ1) is 14.3. The van der Waals surface area contributed by atoms with Crippen LogP contribution in [0.4, 0.5) is 11.5 Å². The molecule has 0 spiro atoms. The molecule has 0 aliphatic heterocycles. The zero-order valence-electron chi connectivity index (χ0n) is 16.6. The van der Waals surface area contributed by atoms with E-state index in [1.807, 2.05) is 32.0 Å². The fourth-order valence-corrected chi connectivity index (χ4v) is 3.60. The van der Waals surface area contributed by atoms with Crippen molar-refractivity contribution in [2.24, 2.45) is 0 Å². The molecule has 1 aromatic carbocycles. The minimum Gasteiger partial charge on any atom is -0.491 e. The van der Waals surface area contributed by atoms with Gasteiger partial charge in [-0.2, -0.15) is 5.10 Å². The van der Waals surface area contributed by atoms with Gasteiger partial charge in [-0.1, -0.05) is 6.07 Å². The predicted molar refractivity (Wildman–Crippen MR) is 114 cm³/mol. The number of carbonyl (C=O) groups is 1. The van der Waals surface area contributed by atoms with Gasteiger partial charge in [-0.05, 0) is 50.2 Å². The average molecular weight is 430 g/mol. The topological polar surface area (TPSA) is 115 Å². The lowest BCUT2D eigenvalue weighted by Gasteiger charge is -2.11. The van der Waals surface area contributed by atoms with E-state index in [2.05, 4.69) is 20.1 Å². The highest BCUT2D eigenvalue weighted by Crippen LogP contribution is 2.18. The summed E-state index contributed by atoms with van der Waals surface area (Å²) in [6.45, 7) is 4.24. The van der Waals surface area contributed by atoms with Gasteiger partial charge in [-0.25, -0.2) is 8.42 Å². The second-order valence-corrected chi connectivity index (χ2v) is 8.54. The van der Waals surface area contributed by atoms with Gasteiger partial charge in [-0.3, -0.25) is 19.2 Å². The van der Waals surface area contributed by atoms with Crippen LogP contribution in [-0.2, 0) is 21.4 Å². The molecule has 0 radical (unpaired) electrons. The van der Waals surface area contributed by atoms with Crippen molar-refractivity contribution in [2.75, 3.05) is 15.8 Å². The molecule has 0 saturated heterocycles. The lowest BCUT2D eigenvalue weighted by molar-refractivity contribution is -0.113. The Bertz CT molecular complexity index is 1080. The van der Waals surface area contributed by atoms with Crippen LogP contribution >= 0.6 is 0 Å². The minimum atomic E-state index is -3.88. The number of anilines is 2. The molecule has 0 aliphatic rings. The largest absolute Gasteiger partial charge is 0.491 e. The van der Waals surface area contributed by atoms with Gasteiger partial charge in [0.1, 0.15) is 11.5 Å². The summed E-state index contributed by atoms with van der Waals surface area (Å²) in [5.41, 5.74) is 1.16. The number of pyridine rings is 1. The van der Waals surface area contributed by atoms with E-state index in [-0.39, 0.29) is 11.9 Å². The van der Waals surface area contributed by atoms with Crippen LogP contribution in [0.5, 0.6) is 5.75 Å². The molecule has 2 aromatic heterocycles. The molecule has 1 amide bonds. The van der Waals surface area contributed by atoms with Crippen molar-refractivity contribution in [3.8, 4) is 5.75 Å². The van der Waals surface area contributed by atoms with Gasteiger partial charge in [0.05, 0.1) is 18.3 Å². The van der Waals surface area contributed by atoms with Gasteiger partial charge < -0.3 is 10.1 Å². The third-order valence-corrected chi connectivity index (χ3v) is 4.97. The summed E-state index contributed by atoms with van der Waals surface area (Å²) in [6.07, 6.45) is 3.38. The Kier molecular flexibility index (Phi) is 6.68. The minimum absolute atomic E-state index is 0.0173. The van der Waals surface area contributed by atoms with Gasteiger partial charge in [0.15, 0.2) is 5.82 Å². The lowest BCUT2D eigenvalue weighted by atomic mass is 10.3. The molecule has 30 heavy (non-hydrogen) atoms. The lowest BCUT2D eigenvalue weighted by Crippen LogP contribution is -2.27. The Morgan fingerprint density at radius 3 is 2.57 bits per heavy atom. The molecule has 0 unspecified atom stereocenters. The first-order valence-electron chi connectivity index (χ1n) is 9.29. The number of aromatic nitrogens is 3. The first-order valence-corrected chi connectivity index (χ1v) is 10.9. The summed E-state index contributed by atoms with van der Waals surface area (Å²) in [5, 5.41) is 6.70. The van der Waals surface area contributed by atoms with Crippen molar-refractivity contribution in [2.45, 2.75) is 26.5 Å². The van der Waals surface area contributed by atoms with Crippen LogP contribution < -0.4 is 14.8 Å². The molecular weight excluding hydrogens is 406 g/mol. The molecule has 0 aliphatic carbocycles. The van der Waals surface area contributed by atoms with Crippen LogP contribution in [0.1, 0.15) is 19.5 Å². The van der Waals surface area contributed by atoms with Gasteiger partial charge >= 0.3 is 0 Å². The molecule has 3 aromatic rings. The number of nitrogens with one attached hydrogen (secondary N) is 2. The van der Waals surface area contributed by atoms with E-state index in [4.69, 9.17) is 4.74 Å². The number of benzene rings is 1. The van der Waals surface area contributed by atoms with Crippen LogP contribution in [0.15, 0.2) is 60.9 Å². The van der Waals surface area contributed by atoms with Crippen LogP contribution in [0.3, 0.4) is 0 Å². The van der Waals surface area contributed by atoms with Gasteiger partial charge in [0.25, 0.3) is 0 Å². The number of hydrogen-bond acceptors (Lipinski definition) is 6. The summed E-state index contributed by atoms with van der Waals surface area (Å²) >= 11 is 0. The summed E-state index contributed by atoms with van der Waals surface area (Å²) in [7, 11) is -3.88. The normalized spacial score (nSPS) is 11.3. The SMILES string of the molecule is CC(C)Oc1ccc(NS(=O)(=O)CC(=O)Nc2ccn(Cc3ccccn3)n2)cc1.